The van der Waals surface area contributed by atoms with Crippen molar-refractivity contribution in [2.24, 2.45) is 14.1 Å². The number of halogens is 2. The third kappa shape index (κ3) is 6.12. The molecule has 1 amide bonds. The molecular weight excluding hydrogens is 733 g/mol. The Morgan fingerprint density at radius 3 is 2.42 bits per heavy atom. The molecule has 3 aromatic carbocycles. The number of anilines is 1. The number of aromatic nitrogens is 6. The summed E-state index contributed by atoms with van der Waals surface area (Å²) < 4.78 is 17.8. The summed E-state index contributed by atoms with van der Waals surface area (Å²) >= 11 is 13.6. The van der Waals surface area contributed by atoms with Crippen molar-refractivity contribution < 1.29 is 14.3 Å². The van der Waals surface area contributed by atoms with E-state index >= 15 is 4.79 Å². The number of methoxy groups -OCH3 is 1. The van der Waals surface area contributed by atoms with Crippen molar-refractivity contribution in [2.75, 3.05) is 25.2 Å². The highest BCUT2D eigenvalue weighted by molar-refractivity contribution is 6.35. The number of benzene rings is 3. The van der Waals surface area contributed by atoms with Gasteiger partial charge in [0.05, 0.1) is 35.6 Å². The molecule has 12 heteroatoms. The molecule has 1 aliphatic rings. The van der Waals surface area contributed by atoms with Crippen molar-refractivity contribution in [1.82, 2.24) is 28.9 Å². The van der Waals surface area contributed by atoms with Crippen molar-refractivity contribution in [3.8, 4) is 34.1 Å². The van der Waals surface area contributed by atoms with Gasteiger partial charge >= 0.3 is 0 Å². The minimum Gasteiger partial charge on any atom is -0.494 e. The van der Waals surface area contributed by atoms with Crippen LogP contribution in [0, 0.1) is 27.7 Å². The van der Waals surface area contributed by atoms with E-state index in [1.165, 1.54) is 0 Å². The highest BCUT2D eigenvalue weighted by atomic mass is 35.5. The van der Waals surface area contributed by atoms with E-state index in [-0.39, 0.29) is 11.9 Å². The molecule has 0 aliphatic carbocycles. The van der Waals surface area contributed by atoms with Crippen LogP contribution < -0.4 is 14.4 Å². The van der Waals surface area contributed by atoms with Gasteiger partial charge in [-0.15, -0.1) is 0 Å². The average molecular weight is 777 g/mol. The number of aryl methyl sites for hydroxylation is 6. The van der Waals surface area contributed by atoms with E-state index in [2.05, 4.69) is 45.1 Å². The monoisotopic (exact) mass is 775 g/mol. The highest BCUT2D eigenvalue weighted by Crippen LogP contribution is 2.46. The number of hydrogen-bond acceptors (Lipinski definition) is 6. The van der Waals surface area contributed by atoms with E-state index in [9.17, 15) is 0 Å². The van der Waals surface area contributed by atoms with Gasteiger partial charge in [-0.3, -0.25) is 9.48 Å². The first kappa shape index (κ1) is 36.6. The van der Waals surface area contributed by atoms with E-state index < -0.39 is 0 Å². The molecule has 0 spiro atoms. The van der Waals surface area contributed by atoms with Crippen LogP contribution in [0.1, 0.15) is 58.0 Å². The highest BCUT2D eigenvalue weighted by Gasteiger charge is 2.37. The molecule has 7 aromatic rings. The molecule has 0 radical (unpaired) electrons. The summed E-state index contributed by atoms with van der Waals surface area (Å²) in [4.78, 5) is 26.3. The summed E-state index contributed by atoms with van der Waals surface area (Å²) in [5.74, 6) is 1.75. The molecule has 4 aromatic heterocycles. The van der Waals surface area contributed by atoms with Gasteiger partial charge in [0, 0.05) is 88.8 Å². The second-order valence-corrected chi connectivity index (χ2v) is 15.3. The standard InChI is InChI=1S/C43H43Cl2N7O3/c1-23-18-29(19-24(2)39(23)45)55-17-9-10-30-31-12-13-33(44)38(37-26(4)48-50(7)27(37)5)40(31)52-25(3)21-51(43(53)41(30)52)35-22-49(6)34-14-11-28(20-32(34)35)42-46-16-15-36(47-42)54-8/h11-16,18-20,22,25H,9-10,17,21H2,1-8H3/t25-/m1/s1. The number of hydrogen-bond donors (Lipinski definition) is 0. The topological polar surface area (TPSA) is 92.2 Å². The Balaban J connectivity index is 1.26. The van der Waals surface area contributed by atoms with E-state index in [0.29, 0.717) is 48.4 Å². The van der Waals surface area contributed by atoms with Gasteiger partial charge in [-0.25, -0.2) is 4.98 Å². The SMILES string of the molecule is COc1ccnc(-c2ccc3c(c2)c(N2C[C@@H](C)n4c(c(CCCOc5cc(C)c(Cl)c(C)c5)c5ccc(Cl)c(-c6c(C)nn(C)c6C)c54)C2=O)cn3C)n1. The van der Waals surface area contributed by atoms with Crippen molar-refractivity contribution in [3.63, 3.8) is 0 Å². The molecule has 55 heavy (non-hydrogen) atoms. The van der Waals surface area contributed by atoms with Gasteiger partial charge in [-0.2, -0.15) is 10.1 Å². The fraction of sp³-hybridized carbons (Fsp3) is 0.302. The number of rotatable bonds is 9. The second-order valence-electron chi connectivity index (χ2n) is 14.6. The van der Waals surface area contributed by atoms with Crippen molar-refractivity contribution in [2.45, 2.75) is 53.5 Å². The molecule has 5 heterocycles. The van der Waals surface area contributed by atoms with E-state index in [1.54, 1.807) is 19.4 Å². The maximum Gasteiger partial charge on any atom is 0.275 e. The minimum atomic E-state index is -0.0881. The van der Waals surface area contributed by atoms with Gasteiger partial charge < -0.3 is 23.5 Å². The van der Waals surface area contributed by atoms with Gasteiger partial charge in [0.1, 0.15) is 11.4 Å². The Morgan fingerprint density at radius 2 is 1.71 bits per heavy atom. The third-order valence-corrected chi connectivity index (χ3v) is 11.8. The van der Waals surface area contributed by atoms with Crippen molar-refractivity contribution in [3.05, 3.63) is 105 Å². The molecule has 8 rings (SSSR count). The van der Waals surface area contributed by atoms with Gasteiger partial charge in [0.2, 0.25) is 5.88 Å². The zero-order valence-electron chi connectivity index (χ0n) is 32.3. The molecule has 0 saturated carbocycles. The number of amides is 1. The summed E-state index contributed by atoms with van der Waals surface area (Å²) in [5, 5.41) is 8.06. The van der Waals surface area contributed by atoms with Crippen LogP contribution in [0.25, 0.3) is 44.3 Å². The van der Waals surface area contributed by atoms with Gasteiger partial charge in [-0.1, -0.05) is 29.3 Å². The molecular formula is C43H43Cl2N7O3. The van der Waals surface area contributed by atoms with Crippen LogP contribution in [0.4, 0.5) is 5.69 Å². The summed E-state index contributed by atoms with van der Waals surface area (Å²) in [6.45, 7) is 11.1. The third-order valence-electron chi connectivity index (χ3n) is 10.9. The van der Waals surface area contributed by atoms with Gasteiger partial charge in [0.15, 0.2) is 5.82 Å². The van der Waals surface area contributed by atoms with Crippen LogP contribution >= 0.6 is 23.2 Å². The molecule has 1 atom stereocenters. The molecule has 0 N–H and O–H groups in total. The first-order chi connectivity index (χ1) is 26.4. The number of carbonyl (C=O) groups excluding carboxylic acids is 1. The summed E-state index contributed by atoms with van der Waals surface area (Å²) in [5.41, 5.74) is 11.0. The Kier molecular flexibility index (Phi) is 9.38. The number of nitrogens with zero attached hydrogens (tertiary/aromatic N) is 7. The summed E-state index contributed by atoms with van der Waals surface area (Å²) in [6, 6.07) is 15.7. The molecule has 282 valence electrons. The molecule has 10 nitrogen and oxygen atoms in total. The summed E-state index contributed by atoms with van der Waals surface area (Å²) in [6.07, 6.45) is 5.04. The summed E-state index contributed by atoms with van der Waals surface area (Å²) in [7, 11) is 5.54. The lowest BCUT2D eigenvalue weighted by Crippen LogP contribution is -2.42. The first-order valence-electron chi connectivity index (χ1n) is 18.4. The van der Waals surface area contributed by atoms with Crippen LogP contribution in [0.5, 0.6) is 11.6 Å². The normalized spacial score (nSPS) is 14.3. The van der Waals surface area contributed by atoms with Crippen LogP contribution in [0.15, 0.2) is 60.9 Å². The maximum absolute atomic E-state index is 15.2. The predicted molar refractivity (Wildman–Crippen MR) is 220 cm³/mol. The van der Waals surface area contributed by atoms with Crippen molar-refractivity contribution in [1.29, 1.82) is 0 Å². The number of carbonyl (C=O) groups is 1. The van der Waals surface area contributed by atoms with Crippen LogP contribution in [-0.2, 0) is 20.5 Å². The zero-order valence-corrected chi connectivity index (χ0v) is 33.8. The van der Waals surface area contributed by atoms with E-state index in [1.807, 2.05) is 81.0 Å². The Bertz CT molecular complexity index is 2650. The van der Waals surface area contributed by atoms with Crippen LogP contribution in [0.3, 0.4) is 0 Å². The predicted octanol–water partition coefficient (Wildman–Crippen LogP) is 9.77. The fourth-order valence-corrected chi connectivity index (χ4v) is 8.61. The molecule has 0 fully saturated rings. The molecule has 0 unspecified atom stereocenters. The smallest absolute Gasteiger partial charge is 0.275 e. The Labute approximate surface area is 330 Å². The van der Waals surface area contributed by atoms with Gasteiger partial charge in [-0.05, 0) is 101 Å². The van der Waals surface area contributed by atoms with Crippen molar-refractivity contribution >= 4 is 56.6 Å². The van der Waals surface area contributed by atoms with E-state index in [4.69, 9.17) is 37.8 Å². The fourth-order valence-electron chi connectivity index (χ4n) is 8.26. The zero-order chi connectivity index (χ0) is 38.9. The lowest BCUT2D eigenvalue weighted by Gasteiger charge is -2.34. The quantitative estimate of drug-likeness (QED) is 0.136. The molecule has 0 saturated heterocycles. The van der Waals surface area contributed by atoms with Crippen LogP contribution in [-0.4, -0.2) is 55.1 Å². The number of fused-ring (bicyclic) bond motifs is 4. The van der Waals surface area contributed by atoms with E-state index in [0.717, 1.165) is 83.0 Å². The molecule has 1 aliphatic heterocycles. The maximum atomic E-state index is 15.2. The lowest BCUT2D eigenvalue weighted by atomic mass is 9.98. The lowest BCUT2D eigenvalue weighted by molar-refractivity contribution is 0.0957. The first-order valence-corrected chi connectivity index (χ1v) is 19.2. The second kappa shape index (κ2) is 14.1. The number of ether oxygens (including phenoxy) is 2. The van der Waals surface area contributed by atoms with Gasteiger partial charge in [0.25, 0.3) is 5.91 Å². The largest absolute Gasteiger partial charge is 0.494 e. The van der Waals surface area contributed by atoms with Crippen LogP contribution in [0.2, 0.25) is 10.0 Å². The molecule has 0 bridgehead atoms. The Morgan fingerprint density at radius 1 is 0.945 bits per heavy atom. The minimum absolute atomic E-state index is 0.0635. The average Bonchev–Trinajstić information content (AvgIpc) is 3.77. The Hall–Kier alpha value is -5.32.